The number of allylic oxidation sites excluding steroid dienone is 1. The molecule has 0 spiro atoms. The van der Waals surface area contributed by atoms with Crippen molar-refractivity contribution < 1.29 is 9.18 Å². The molecular formula is C25H25FN4OS2. The van der Waals surface area contributed by atoms with E-state index < -0.39 is 5.82 Å². The molecule has 4 rings (SSSR count). The molecule has 0 aliphatic carbocycles. The first kappa shape index (κ1) is 23.3. The zero-order chi connectivity index (χ0) is 23.2. The highest BCUT2D eigenvalue weighted by Gasteiger charge is 2.26. The summed E-state index contributed by atoms with van der Waals surface area (Å²) < 4.78 is 15.4. The van der Waals surface area contributed by atoms with Crippen molar-refractivity contribution in [1.29, 1.82) is 5.26 Å². The van der Waals surface area contributed by atoms with Crippen LogP contribution in [0.15, 0.2) is 53.6 Å². The Labute approximate surface area is 201 Å². The fourth-order valence-corrected chi connectivity index (χ4v) is 5.93. The molecule has 5 nitrogen and oxygen atoms in total. The lowest BCUT2D eigenvalue weighted by atomic mass is 10.0. The van der Waals surface area contributed by atoms with Gasteiger partial charge in [0, 0.05) is 12.6 Å². The van der Waals surface area contributed by atoms with E-state index in [4.69, 9.17) is 0 Å². The van der Waals surface area contributed by atoms with E-state index >= 15 is 0 Å². The number of benzene rings is 2. The summed E-state index contributed by atoms with van der Waals surface area (Å²) in [6, 6.07) is 16.5. The van der Waals surface area contributed by atoms with Gasteiger partial charge in [0.2, 0.25) is 5.91 Å². The van der Waals surface area contributed by atoms with Crippen LogP contribution in [0.5, 0.6) is 0 Å². The van der Waals surface area contributed by atoms with Gasteiger partial charge in [-0.15, -0.1) is 11.3 Å². The van der Waals surface area contributed by atoms with Crippen LogP contribution in [0, 0.1) is 17.1 Å². The number of nitriles is 1. The zero-order valence-electron chi connectivity index (χ0n) is 18.4. The van der Waals surface area contributed by atoms with Crippen molar-refractivity contribution in [1.82, 2.24) is 9.88 Å². The van der Waals surface area contributed by atoms with E-state index in [2.05, 4.69) is 23.3 Å². The van der Waals surface area contributed by atoms with Gasteiger partial charge in [-0.25, -0.2) is 9.37 Å². The predicted octanol–water partition coefficient (Wildman–Crippen LogP) is 6.26. The Kier molecular flexibility index (Phi) is 7.63. The van der Waals surface area contributed by atoms with Gasteiger partial charge in [-0.05, 0) is 49.9 Å². The summed E-state index contributed by atoms with van der Waals surface area (Å²) in [6.45, 7) is 2.87. The van der Waals surface area contributed by atoms with Gasteiger partial charge >= 0.3 is 0 Å². The third kappa shape index (κ3) is 5.37. The minimum Gasteiger partial charge on any atom is -0.347 e. The molecule has 0 saturated carbocycles. The first-order chi connectivity index (χ1) is 16.1. The maximum Gasteiger partial charge on any atom is 0.233 e. The molecule has 8 heteroatoms. The lowest BCUT2D eigenvalue weighted by Crippen LogP contribution is -2.44. The van der Waals surface area contributed by atoms with Crippen LogP contribution >= 0.6 is 23.1 Å². The Hall–Kier alpha value is -2.89. The van der Waals surface area contributed by atoms with E-state index in [1.54, 1.807) is 18.2 Å². The minimum atomic E-state index is -0.425. The number of nitrogens with one attached hydrogen (secondary N) is 1. The molecular weight excluding hydrogens is 455 g/mol. The van der Waals surface area contributed by atoms with Crippen molar-refractivity contribution in [3.05, 3.63) is 64.4 Å². The topological polar surface area (TPSA) is 69.0 Å². The van der Waals surface area contributed by atoms with Crippen LogP contribution in [0.25, 0.3) is 15.8 Å². The second kappa shape index (κ2) is 10.8. The number of anilines is 1. The Bertz CT molecular complexity index is 1180. The molecule has 33 heavy (non-hydrogen) atoms. The fourth-order valence-electron chi connectivity index (χ4n) is 4.00. The number of likely N-dealkylation sites (tertiary alicyclic amines) is 1. The third-order valence-electron chi connectivity index (χ3n) is 5.73. The maximum absolute atomic E-state index is 14.4. The molecule has 1 unspecified atom stereocenters. The number of rotatable bonds is 7. The number of halogens is 1. The lowest BCUT2D eigenvalue weighted by Gasteiger charge is -2.35. The van der Waals surface area contributed by atoms with Gasteiger partial charge in [-0.1, -0.05) is 43.0 Å². The normalized spacial score (nSPS) is 16.9. The van der Waals surface area contributed by atoms with E-state index in [-0.39, 0.29) is 23.4 Å². The molecule has 0 radical (unpaired) electrons. The molecule has 1 fully saturated rings. The van der Waals surface area contributed by atoms with Crippen LogP contribution in [0.4, 0.5) is 10.1 Å². The molecule has 2 heterocycles. The minimum absolute atomic E-state index is 0.0426. The molecule has 1 aromatic heterocycles. The molecule has 170 valence electrons. The second-order valence-corrected chi connectivity index (χ2v) is 9.86. The number of hydrogen-bond donors (Lipinski definition) is 1. The van der Waals surface area contributed by atoms with E-state index in [0.717, 1.165) is 42.4 Å². The Morgan fingerprint density at radius 1 is 1.27 bits per heavy atom. The summed E-state index contributed by atoms with van der Waals surface area (Å²) in [5.41, 5.74) is 1.37. The molecule has 1 aliphatic rings. The largest absolute Gasteiger partial charge is 0.347 e. The summed E-state index contributed by atoms with van der Waals surface area (Å²) >= 11 is 2.64. The number of thiazole rings is 1. The second-order valence-electron chi connectivity index (χ2n) is 7.84. The number of thioether (sulfide) groups is 1. The number of hydrogen-bond acceptors (Lipinski definition) is 6. The summed E-state index contributed by atoms with van der Waals surface area (Å²) in [6.07, 6.45) is 4.11. The number of piperidine rings is 1. The van der Waals surface area contributed by atoms with Crippen LogP contribution in [0.2, 0.25) is 0 Å². The molecule has 1 amide bonds. The summed E-state index contributed by atoms with van der Waals surface area (Å²) in [5, 5.41) is 14.1. The van der Waals surface area contributed by atoms with Gasteiger partial charge in [0.05, 0.1) is 26.7 Å². The van der Waals surface area contributed by atoms with Crippen molar-refractivity contribution in [3.8, 4) is 6.07 Å². The Morgan fingerprint density at radius 2 is 2.06 bits per heavy atom. The molecule has 1 atom stereocenters. The van der Waals surface area contributed by atoms with Crippen molar-refractivity contribution in [2.24, 2.45) is 0 Å². The van der Waals surface area contributed by atoms with Crippen molar-refractivity contribution >= 4 is 50.5 Å². The molecule has 2 aromatic carbocycles. The number of fused-ring (bicyclic) bond motifs is 1. The number of amides is 1. The van der Waals surface area contributed by atoms with Gasteiger partial charge in [0.25, 0.3) is 0 Å². The standard InChI is InChI=1S/C25H25FN4OS2/c1-2-17-9-7-8-14-30(17)23(31)16-32-24(28-20-11-4-3-10-19(20)26)18(15-27)25-29-21-12-5-6-13-22(21)33-25/h3-6,10-13,17,28H,2,7-9,14,16H2,1H3/b24-18+. The van der Waals surface area contributed by atoms with Crippen LogP contribution in [0.1, 0.15) is 37.6 Å². The predicted molar refractivity (Wildman–Crippen MR) is 134 cm³/mol. The fraction of sp³-hybridized carbons (Fsp3) is 0.320. The highest BCUT2D eigenvalue weighted by atomic mass is 32.2. The Balaban J connectivity index is 1.65. The van der Waals surface area contributed by atoms with Crippen LogP contribution in [-0.2, 0) is 4.79 Å². The SMILES string of the molecule is CCC1CCCCN1C(=O)CS/C(Nc1ccccc1F)=C(\C#N)c1nc2ccccc2s1. The van der Waals surface area contributed by atoms with Crippen LogP contribution in [0.3, 0.4) is 0 Å². The first-order valence-corrected chi connectivity index (χ1v) is 12.8. The van der Waals surface area contributed by atoms with E-state index in [0.29, 0.717) is 15.6 Å². The number of para-hydroxylation sites is 2. The van der Waals surface area contributed by atoms with Crippen molar-refractivity contribution in [3.63, 3.8) is 0 Å². The van der Waals surface area contributed by atoms with E-state index in [1.165, 1.54) is 29.2 Å². The zero-order valence-corrected chi connectivity index (χ0v) is 20.0. The van der Waals surface area contributed by atoms with Gasteiger partial charge in [0.1, 0.15) is 22.5 Å². The number of aromatic nitrogens is 1. The first-order valence-electron chi connectivity index (χ1n) is 11.0. The van der Waals surface area contributed by atoms with Crippen molar-refractivity contribution in [2.75, 3.05) is 17.6 Å². The number of nitrogens with zero attached hydrogens (tertiary/aromatic N) is 3. The van der Waals surface area contributed by atoms with Crippen LogP contribution < -0.4 is 5.32 Å². The van der Waals surface area contributed by atoms with Gasteiger partial charge < -0.3 is 10.2 Å². The van der Waals surface area contributed by atoms with Gasteiger partial charge in [0.15, 0.2) is 0 Å². The lowest BCUT2D eigenvalue weighted by molar-refractivity contribution is -0.132. The molecule has 1 N–H and O–H groups in total. The summed E-state index contributed by atoms with van der Waals surface area (Å²) in [4.78, 5) is 19.6. The van der Waals surface area contributed by atoms with Gasteiger partial charge in [-0.3, -0.25) is 4.79 Å². The maximum atomic E-state index is 14.4. The molecule has 1 saturated heterocycles. The smallest absolute Gasteiger partial charge is 0.233 e. The Morgan fingerprint density at radius 3 is 2.82 bits per heavy atom. The molecule has 0 bridgehead atoms. The quantitative estimate of drug-likeness (QED) is 0.404. The van der Waals surface area contributed by atoms with E-state index in [9.17, 15) is 14.4 Å². The summed E-state index contributed by atoms with van der Waals surface area (Å²) in [5.74, 6) is -0.213. The summed E-state index contributed by atoms with van der Waals surface area (Å²) in [7, 11) is 0. The number of carbonyl (C=O) groups is 1. The molecule has 3 aromatic rings. The number of carbonyl (C=O) groups excluding carboxylic acids is 1. The average Bonchev–Trinajstić information content (AvgIpc) is 3.27. The monoisotopic (exact) mass is 480 g/mol. The average molecular weight is 481 g/mol. The van der Waals surface area contributed by atoms with Crippen LogP contribution in [-0.4, -0.2) is 34.1 Å². The highest BCUT2D eigenvalue weighted by molar-refractivity contribution is 8.04. The highest BCUT2D eigenvalue weighted by Crippen LogP contribution is 2.34. The van der Waals surface area contributed by atoms with Gasteiger partial charge in [-0.2, -0.15) is 5.26 Å². The van der Waals surface area contributed by atoms with E-state index in [1.807, 2.05) is 29.2 Å². The van der Waals surface area contributed by atoms with Crippen molar-refractivity contribution in [2.45, 2.75) is 38.6 Å². The third-order valence-corrected chi connectivity index (χ3v) is 7.77. The molecule has 1 aliphatic heterocycles.